The number of ether oxygens (including phenoxy) is 3. The molecular formula is C56H108O6. The minimum absolute atomic E-state index is 0.0643. The highest BCUT2D eigenvalue weighted by atomic mass is 16.6. The van der Waals surface area contributed by atoms with Gasteiger partial charge in [-0.25, -0.2) is 0 Å². The zero-order valence-corrected chi connectivity index (χ0v) is 42.5. The maximum atomic E-state index is 12.7. The van der Waals surface area contributed by atoms with Gasteiger partial charge in [-0.1, -0.05) is 272 Å². The topological polar surface area (TPSA) is 78.9 Å². The molecule has 0 rings (SSSR count). The lowest BCUT2D eigenvalue weighted by molar-refractivity contribution is -0.167. The molecule has 0 N–H and O–H groups in total. The second kappa shape index (κ2) is 48.9. The van der Waals surface area contributed by atoms with Crippen molar-refractivity contribution in [2.75, 3.05) is 13.2 Å². The van der Waals surface area contributed by atoms with E-state index in [1.54, 1.807) is 0 Å². The Balaban J connectivity index is 4.20. The van der Waals surface area contributed by atoms with Crippen LogP contribution in [0.2, 0.25) is 0 Å². The van der Waals surface area contributed by atoms with Gasteiger partial charge >= 0.3 is 17.9 Å². The highest BCUT2D eigenvalue weighted by Gasteiger charge is 2.19. The third-order valence-corrected chi connectivity index (χ3v) is 12.7. The monoisotopic (exact) mass is 877 g/mol. The number of hydrogen-bond donors (Lipinski definition) is 0. The molecule has 0 spiro atoms. The first-order valence-corrected chi connectivity index (χ1v) is 27.7. The van der Waals surface area contributed by atoms with Gasteiger partial charge in [-0.15, -0.1) is 0 Å². The molecule has 0 aromatic heterocycles. The van der Waals surface area contributed by atoms with Crippen molar-refractivity contribution in [3.63, 3.8) is 0 Å². The van der Waals surface area contributed by atoms with E-state index in [2.05, 4.69) is 34.6 Å². The van der Waals surface area contributed by atoms with E-state index in [-0.39, 0.29) is 31.1 Å². The molecule has 0 aliphatic carbocycles. The van der Waals surface area contributed by atoms with E-state index in [0.717, 1.165) is 69.6 Å². The van der Waals surface area contributed by atoms with Crippen molar-refractivity contribution in [2.24, 2.45) is 11.8 Å². The summed E-state index contributed by atoms with van der Waals surface area (Å²) in [6.07, 6.45) is 51.1. The van der Waals surface area contributed by atoms with E-state index in [4.69, 9.17) is 14.2 Å². The summed E-state index contributed by atoms with van der Waals surface area (Å²) in [5, 5.41) is 0. The van der Waals surface area contributed by atoms with Crippen LogP contribution in [0.15, 0.2) is 0 Å². The SMILES string of the molecule is CCCCCCCCCCCCCCCCCCCC(=O)OC[C@@H](COC(=O)CCCCCCCCCCCCCCCCCC(C)C)OC(=O)CCCCCCCCC(C)C. The zero-order valence-electron chi connectivity index (χ0n) is 42.5. The van der Waals surface area contributed by atoms with Gasteiger partial charge in [0.25, 0.3) is 0 Å². The van der Waals surface area contributed by atoms with Crippen LogP contribution < -0.4 is 0 Å². The van der Waals surface area contributed by atoms with Crippen molar-refractivity contribution in [1.29, 1.82) is 0 Å². The predicted molar refractivity (Wildman–Crippen MR) is 266 cm³/mol. The molecule has 0 aromatic rings. The van der Waals surface area contributed by atoms with Crippen molar-refractivity contribution in [1.82, 2.24) is 0 Å². The Morgan fingerprint density at radius 1 is 0.306 bits per heavy atom. The molecule has 0 fully saturated rings. The lowest BCUT2D eigenvalue weighted by atomic mass is 10.0. The summed E-state index contributed by atoms with van der Waals surface area (Å²) in [5.41, 5.74) is 0. The van der Waals surface area contributed by atoms with Crippen LogP contribution in [0.5, 0.6) is 0 Å². The molecule has 0 unspecified atom stereocenters. The second-order valence-corrected chi connectivity index (χ2v) is 20.2. The molecule has 0 bridgehead atoms. The first kappa shape index (κ1) is 60.4. The second-order valence-electron chi connectivity index (χ2n) is 20.2. The fourth-order valence-electron chi connectivity index (χ4n) is 8.52. The normalized spacial score (nSPS) is 12.0. The number of carbonyl (C=O) groups is 3. The summed E-state index contributed by atoms with van der Waals surface area (Å²) in [4.78, 5) is 38.0. The maximum absolute atomic E-state index is 12.7. The minimum Gasteiger partial charge on any atom is -0.462 e. The van der Waals surface area contributed by atoms with E-state index >= 15 is 0 Å². The Morgan fingerprint density at radius 3 is 0.790 bits per heavy atom. The summed E-state index contributed by atoms with van der Waals surface area (Å²) < 4.78 is 16.8. The molecule has 0 heterocycles. The first-order chi connectivity index (χ1) is 30.2. The van der Waals surface area contributed by atoms with Crippen molar-refractivity contribution >= 4 is 17.9 Å². The van der Waals surface area contributed by atoms with E-state index in [1.807, 2.05) is 0 Å². The van der Waals surface area contributed by atoms with Crippen LogP contribution in [0.1, 0.15) is 311 Å². The number of carbonyl (C=O) groups excluding carboxylic acids is 3. The molecule has 0 saturated heterocycles. The van der Waals surface area contributed by atoms with Gasteiger partial charge in [-0.2, -0.15) is 0 Å². The van der Waals surface area contributed by atoms with Crippen LogP contribution in [0, 0.1) is 11.8 Å². The molecule has 368 valence electrons. The van der Waals surface area contributed by atoms with Crippen molar-refractivity contribution in [2.45, 2.75) is 317 Å². The Bertz CT molecular complexity index is 947. The van der Waals surface area contributed by atoms with Crippen molar-refractivity contribution in [3.05, 3.63) is 0 Å². The van der Waals surface area contributed by atoms with E-state index < -0.39 is 6.10 Å². The highest BCUT2D eigenvalue weighted by Crippen LogP contribution is 2.18. The summed E-state index contributed by atoms with van der Waals surface area (Å²) in [6, 6.07) is 0. The molecule has 62 heavy (non-hydrogen) atoms. The van der Waals surface area contributed by atoms with Crippen LogP contribution in [-0.2, 0) is 28.6 Å². The smallest absolute Gasteiger partial charge is 0.306 e. The molecule has 0 aromatic carbocycles. The van der Waals surface area contributed by atoms with Crippen molar-refractivity contribution < 1.29 is 28.6 Å². The molecule has 0 saturated carbocycles. The summed E-state index contributed by atoms with van der Waals surface area (Å²) in [7, 11) is 0. The number of unbranched alkanes of at least 4 members (excludes halogenated alkanes) is 35. The lowest BCUT2D eigenvalue weighted by Crippen LogP contribution is -2.30. The number of hydrogen-bond acceptors (Lipinski definition) is 6. The minimum atomic E-state index is -0.762. The van der Waals surface area contributed by atoms with Gasteiger partial charge in [-0.05, 0) is 31.1 Å². The average molecular weight is 877 g/mol. The van der Waals surface area contributed by atoms with E-state index in [0.29, 0.717) is 19.3 Å². The fourth-order valence-corrected chi connectivity index (χ4v) is 8.52. The van der Waals surface area contributed by atoms with Crippen molar-refractivity contribution in [3.8, 4) is 0 Å². The van der Waals surface area contributed by atoms with E-state index in [9.17, 15) is 14.4 Å². The van der Waals surface area contributed by atoms with Gasteiger partial charge in [0.05, 0.1) is 0 Å². The molecule has 0 aliphatic rings. The third kappa shape index (κ3) is 49.4. The largest absolute Gasteiger partial charge is 0.462 e. The number of rotatable bonds is 50. The van der Waals surface area contributed by atoms with Gasteiger partial charge < -0.3 is 14.2 Å². The van der Waals surface area contributed by atoms with Gasteiger partial charge in [0.2, 0.25) is 0 Å². The molecule has 1 atom stereocenters. The van der Waals surface area contributed by atoms with E-state index in [1.165, 1.54) is 199 Å². The molecule has 0 radical (unpaired) electrons. The maximum Gasteiger partial charge on any atom is 0.306 e. The fraction of sp³-hybridized carbons (Fsp3) is 0.946. The van der Waals surface area contributed by atoms with Gasteiger partial charge in [-0.3, -0.25) is 14.4 Å². The molecule has 0 amide bonds. The van der Waals surface area contributed by atoms with Crippen LogP contribution in [-0.4, -0.2) is 37.2 Å². The van der Waals surface area contributed by atoms with Crippen LogP contribution in [0.3, 0.4) is 0 Å². The van der Waals surface area contributed by atoms with Gasteiger partial charge in [0, 0.05) is 19.3 Å². The highest BCUT2D eigenvalue weighted by molar-refractivity contribution is 5.71. The standard InChI is InChI=1S/C56H108O6/c1-6-7-8-9-10-11-12-13-14-15-18-21-24-27-30-36-41-46-54(57)60-49-53(62-56(59)48-43-38-33-32-35-40-45-52(4)5)50-61-55(58)47-42-37-31-28-25-22-19-16-17-20-23-26-29-34-39-44-51(2)3/h51-53H,6-50H2,1-5H3/t53-/m0/s1. The Labute approximate surface area is 387 Å². The summed E-state index contributed by atoms with van der Waals surface area (Å²) >= 11 is 0. The Kier molecular flexibility index (Phi) is 47.6. The van der Waals surface area contributed by atoms with Gasteiger partial charge in [0.15, 0.2) is 6.10 Å². The number of esters is 3. The Hall–Kier alpha value is -1.59. The first-order valence-electron chi connectivity index (χ1n) is 27.7. The molecule has 6 nitrogen and oxygen atoms in total. The van der Waals surface area contributed by atoms with Crippen LogP contribution in [0.4, 0.5) is 0 Å². The van der Waals surface area contributed by atoms with Gasteiger partial charge in [0.1, 0.15) is 13.2 Å². The summed E-state index contributed by atoms with van der Waals surface area (Å²) in [6.45, 7) is 11.3. The molecular weight excluding hydrogens is 769 g/mol. The third-order valence-electron chi connectivity index (χ3n) is 12.7. The zero-order chi connectivity index (χ0) is 45.4. The molecule has 0 aliphatic heterocycles. The quantitative estimate of drug-likeness (QED) is 0.0344. The predicted octanol–water partition coefficient (Wildman–Crippen LogP) is 18.1. The average Bonchev–Trinajstić information content (AvgIpc) is 3.24. The van der Waals surface area contributed by atoms with Crippen LogP contribution in [0.25, 0.3) is 0 Å². The Morgan fingerprint density at radius 2 is 0.532 bits per heavy atom. The summed E-state index contributed by atoms with van der Waals surface area (Å²) in [5.74, 6) is 0.759. The lowest BCUT2D eigenvalue weighted by Gasteiger charge is -2.18. The van der Waals surface area contributed by atoms with Crippen LogP contribution >= 0.6 is 0 Å². The molecule has 6 heteroatoms.